The standard InChI is InChI=1S/C15H22ClNO2/c1-2-5-12(8-9-16)11-17-15(19)10-13-6-3-4-7-14(13)18/h3-4,6-7,12,18H,2,5,8-11H2,1H3,(H,17,19). The van der Waals surface area contributed by atoms with Crippen LogP contribution in [0.5, 0.6) is 5.75 Å². The van der Waals surface area contributed by atoms with Crippen LogP contribution in [-0.4, -0.2) is 23.4 Å². The maximum Gasteiger partial charge on any atom is 0.224 e. The van der Waals surface area contributed by atoms with Crippen LogP contribution in [0.2, 0.25) is 0 Å². The lowest BCUT2D eigenvalue weighted by atomic mass is 10.0. The number of para-hydroxylation sites is 1. The summed E-state index contributed by atoms with van der Waals surface area (Å²) in [6.07, 6.45) is 3.30. The number of aromatic hydroxyl groups is 1. The second-order valence-electron chi connectivity index (χ2n) is 4.74. The Labute approximate surface area is 120 Å². The third kappa shape index (κ3) is 5.97. The maximum atomic E-state index is 11.8. The highest BCUT2D eigenvalue weighted by atomic mass is 35.5. The van der Waals surface area contributed by atoms with Crippen molar-refractivity contribution in [2.45, 2.75) is 32.6 Å². The molecule has 0 spiro atoms. The van der Waals surface area contributed by atoms with Gasteiger partial charge < -0.3 is 10.4 Å². The first kappa shape index (κ1) is 15.8. The molecule has 0 radical (unpaired) electrons. The number of rotatable bonds is 8. The van der Waals surface area contributed by atoms with Gasteiger partial charge in [-0.3, -0.25) is 4.79 Å². The molecule has 0 fully saturated rings. The van der Waals surface area contributed by atoms with Crippen molar-refractivity contribution >= 4 is 17.5 Å². The van der Waals surface area contributed by atoms with E-state index in [4.69, 9.17) is 11.6 Å². The smallest absolute Gasteiger partial charge is 0.224 e. The maximum absolute atomic E-state index is 11.8. The molecule has 2 N–H and O–H groups in total. The van der Waals surface area contributed by atoms with E-state index in [9.17, 15) is 9.90 Å². The number of hydrogen-bond acceptors (Lipinski definition) is 2. The number of hydrogen-bond donors (Lipinski definition) is 2. The first-order valence-corrected chi connectivity index (χ1v) is 7.30. The summed E-state index contributed by atoms with van der Waals surface area (Å²) in [5.74, 6) is 1.18. The van der Waals surface area contributed by atoms with Crippen molar-refractivity contribution in [3.05, 3.63) is 29.8 Å². The second kappa shape index (κ2) is 8.81. The molecule has 1 aromatic carbocycles. The van der Waals surface area contributed by atoms with Crippen molar-refractivity contribution in [1.82, 2.24) is 5.32 Å². The summed E-state index contributed by atoms with van der Waals surface area (Å²) in [7, 11) is 0. The minimum Gasteiger partial charge on any atom is -0.508 e. The van der Waals surface area contributed by atoms with Crippen LogP contribution < -0.4 is 5.32 Å². The number of benzene rings is 1. The Morgan fingerprint density at radius 2 is 2.11 bits per heavy atom. The number of carbonyl (C=O) groups is 1. The highest BCUT2D eigenvalue weighted by Crippen LogP contribution is 2.16. The Morgan fingerprint density at radius 1 is 1.37 bits per heavy atom. The largest absolute Gasteiger partial charge is 0.508 e. The Bertz CT molecular complexity index is 389. The summed E-state index contributed by atoms with van der Waals surface area (Å²) in [5.41, 5.74) is 0.657. The van der Waals surface area contributed by atoms with Gasteiger partial charge in [-0.25, -0.2) is 0 Å². The Hall–Kier alpha value is -1.22. The number of phenolic OH excluding ortho intramolecular Hbond substituents is 1. The molecule has 4 heteroatoms. The molecule has 0 aliphatic heterocycles. The molecule has 0 saturated carbocycles. The molecule has 0 aromatic heterocycles. The van der Waals surface area contributed by atoms with Gasteiger partial charge in [-0.15, -0.1) is 11.6 Å². The molecule has 1 aromatic rings. The first-order chi connectivity index (χ1) is 9.17. The van der Waals surface area contributed by atoms with E-state index in [0.29, 0.717) is 23.9 Å². The van der Waals surface area contributed by atoms with Gasteiger partial charge in [0.05, 0.1) is 6.42 Å². The monoisotopic (exact) mass is 283 g/mol. The predicted molar refractivity (Wildman–Crippen MR) is 78.6 cm³/mol. The lowest BCUT2D eigenvalue weighted by Gasteiger charge is -2.15. The molecule has 0 aliphatic rings. The van der Waals surface area contributed by atoms with Gasteiger partial charge in [-0.05, 0) is 24.8 Å². The van der Waals surface area contributed by atoms with E-state index in [2.05, 4.69) is 12.2 Å². The average molecular weight is 284 g/mol. The molecule has 0 heterocycles. The van der Waals surface area contributed by atoms with Gasteiger partial charge in [-0.2, -0.15) is 0 Å². The van der Waals surface area contributed by atoms with Crippen LogP contribution in [0.15, 0.2) is 24.3 Å². The predicted octanol–water partition coefficient (Wildman–Crippen LogP) is 3.10. The summed E-state index contributed by atoms with van der Waals surface area (Å²) in [6, 6.07) is 6.91. The van der Waals surface area contributed by atoms with E-state index < -0.39 is 0 Å². The average Bonchev–Trinajstić information content (AvgIpc) is 2.39. The van der Waals surface area contributed by atoms with Gasteiger partial charge >= 0.3 is 0 Å². The molecule has 106 valence electrons. The van der Waals surface area contributed by atoms with E-state index >= 15 is 0 Å². The molecule has 1 rings (SSSR count). The van der Waals surface area contributed by atoms with Gasteiger partial charge in [0.2, 0.25) is 5.91 Å². The number of phenols is 1. The zero-order valence-corrected chi connectivity index (χ0v) is 12.1. The summed E-state index contributed by atoms with van der Waals surface area (Å²) in [5, 5.41) is 12.5. The molecule has 1 amide bonds. The fourth-order valence-corrected chi connectivity index (χ4v) is 2.37. The molecule has 3 nitrogen and oxygen atoms in total. The minimum atomic E-state index is -0.0582. The zero-order chi connectivity index (χ0) is 14.1. The van der Waals surface area contributed by atoms with E-state index in [0.717, 1.165) is 19.3 Å². The number of alkyl halides is 1. The molecular weight excluding hydrogens is 262 g/mol. The van der Waals surface area contributed by atoms with Crippen molar-refractivity contribution < 1.29 is 9.90 Å². The highest BCUT2D eigenvalue weighted by molar-refractivity contribution is 6.17. The van der Waals surface area contributed by atoms with Gasteiger partial charge in [0.25, 0.3) is 0 Å². The molecule has 1 unspecified atom stereocenters. The van der Waals surface area contributed by atoms with Crippen molar-refractivity contribution in [2.24, 2.45) is 5.92 Å². The lowest BCUT2D eigenvalue weighted by molar-refractivity contribution is -0.120. The van der Waals surface area contributed by atoms with E-state index in [-0.39, 0.29) is 18.1 Å². The quantitative estimate of drug-likeness (QED) is 0.720. The molecule has 1 atom stereocenters. The summed E-state index contributed by atoms with van der Waals surface area (Å²) in [6.45, 7) is 2.79. The SMILES string of the molecule is CCCC(CCCl)CNC(=O)Cc1ccccc1O. The molecule has 0 bridgehead atoms. The molecule has 19 heavy (non-hydrogen) atoms. The van der Waals surface area contributed by atoms with E-state index in [1.54, 1.807) is 18.2 Å². The molecule has 0 saturated heterocycles. The number of nitrogens with one attached hydrogen (secondary N) is 1. The third-order valence-corrected chi connectivity index (χ3v) is 3.36. The Morgan fingerprint density at radius 3 is 2.74 bits per heavy atom. The number of halogens is 1. The van der Waals surface area contributed by atoms with E-state index in [1.807, 2.05) is 6.07 Å². The summed E-state index contributed by atoms with van der Waals surface area (Å²) >= 11 is 5.75. The van der Waals surface area contributed by atoms with Crippen molar-refractivity contribution in [2.75, 3.05) is 12.4 Å². The van der Waals surface area contributed by atoms with Gasteiger partial charge in [0.15, 0.2) is 0 Å². The molecular formula is C15H22ClNO2. The topological polar surface area (TPSA) is 49.3 Å². The van der Waals surface area contributed by atoms with Crippen LogP contribution in [0, 0.1) is 5.92 Å². The zero-order valence-electron chi connectivity index (χ0n) is 11.4. The summed E-state index contributed by atoms with van der Waals surface area (Å²) in [4.78, 5) is 11.8. The Balaban J connectivity index is 2.40. The molecule has 0 aliphatic carbocycles. The van der Waals surface area contributed by atoms with Crippen molar-refractivity contribution in [3.63, 3.8) is 0 Å². The first-order valence-electron chi connectivity index (χ1n) is 6.76. The fourth-order valence-electron chi connectivity index (χ4n) is 2.06. The van der Waals surface area contributed by atoms with Crippen molar-refractivity contribution in [3.8, 4) is 5.75 Å². The summed E-state index contributed by atoms with van der Waals surface area (Å²) < 4.78 is 0. The number of carbonyl (C=O) groups excluding carboxylic acids is 1. The van der Waals surface area contributed by atoms with Gasteiger partial charge in [-0.1, -0.05) is 31.5 Å². The van der Waals surface area contributed by atoms with Gasteiger partial charge in [0, 0.05) is 18.0 Å². The minimum absolute atomic E-state index is 0.0582. The van der Waals surface area contributed by atoms with Crippen LogP contribution in [-0.2, 0) is 11.2 Å². The van der Waals surface area contributed by atoms with Gasteiger partial charge in [0.1, 0.15) is 5.75 Å². The fraction of sp³-hybridized carbons (Fsp3) is 0.533. The van der Waals surface area contributed by atoms with Crippen LogP contribution >= 0.6 is 11.6 Å². The van der Waals surface area contributed by atoms with Crippen LogP contribution in [0.3, 0.4) is 0 Å². The van der Waals surface area contributed by atoms with E-state index in [1.165, 1.54) is 0 Å². The second-order valence-corrected chi connectivity index (χ2v) is 5.12. The Kier molecular flexibility index (Phi) is 7.34. The lowest BCUT2D eigenvalue weighted by Crippen LogP contribution is -2.30. The van der Waals surface area contributed by atoms with Crippen molar-refractivity contribution in [1.29, 1.82) is 0 Å². The third-order valence-electron chi connectivity index (χ3n) is 3.14. The normalized spacial score (nSPS) is 12.1. The van der Waals surface area contributed by atoms with Crippen LogP contribution in [0.4, 0.5) is 0 Å². The van der Waals surface area contributed by atoms with Crippen LogP contribution in [0.25, 0.3) is 0 Å². The number of amides is 1. The van der Waals surface area contributed by atoms with Crippen LogP contribution in [0.1, 0.15) is 31.7 Å². The highest BCUT2D eigenvalue weighted by Gasteiger charge is 2.11.